The van der Waals surface area contributed by atoms with Crippen LogP contribution in [0.2, 0.25) is 0 Å². The van der Waals surface area contributed by atoms with Gasteiger partial charge in [0.2, 0.25) is 0 Å². The van der Waals surface area contributed by atoms with Crippen LogP contribution in [-0.2, 0) is 40.1 Å². The summed E-state index contributed by atoms with van der Waals surface area (Å²) in [7, 11) is 2.34. The number of halogens is 1. The predicted molar refractivity (Wildman–Crippen MR) is 70.8 cm³/mol. The van der Waals surface area contributed by atoms with Gasteiger partial charge >= 0.3 is 0 Å². The molecule has 0 amide bonds. The van der Waals surface area contributed by atoms with Gasteiger partial charge in [0.1, 0.15) is 0 Å². The van der Waals surface area contributed by atoms with E-state index in [1.807, 2.05) is 0 Å². The van der Waals surface area contributed by atoms with Gasteiger partial charge in [0, 0.05) is 71.1 Å². The molecular weight excluding hydrogens is 171 g/mol. The van der Waals surface area contributed by atoms with Crippen LogP contribution in [-0.4, -0.2) is 0 Å². The first-order valence-corrected chi connectivity index (χ1v) is 4.50. The Bertz CT molecular complexity index is 82.5. The third-order valence-electron chi connectivity index (χ3n) is 0.0278. The van der Waals surface area contributed by atoms with Gasteiger partial charge < -0.3 is 0 Å². The van der Waals surface area contributed by atoms with Gasteiger partial charge in [-0.1, -0.05) is 14.9 Å². The fourth-order valence-electron chi connectivity index (χ4n) is 0. The van der Waals surface area contributed by atoms with Crippen LogP contribution in [0, 0.1) is 0 Å². The number of rotatable bonds is 0. The average molecular weight is 226 g/mol. The third kappa shape index (κ3) is 48.1. The van der Waals surface area contributed by atoms with Crippen molar-refractivity contribution < 1.29 is 35.7 Å². The molecule has 0 radical (unpaired) electrons. The van der Waals surface area contributed by atoms with Gasteiger partial charge in [-0.25, -0.2) is 0 Å². The van der Waals surface area contributed by atoms with Crippen molar-refractivity contribution in [2.75, 3.05) is 0 Å². The van der Waals surface area contributed by atoms with Crippen LogP contribution >= 0.6 is 0 Å². The molecule has 0 unspecified atom stereocenters. The summed E-state index contributed by atoms with van der Waals surface area (Å²) in [6.45, 7) is 0. The number of hydrogen-bond donors (Lipinski definition) is 0. The Morgan fingerprint density at radius 2 is 1.29 bits per heavy atom. The molecule has 7 heavy (non-hydrogen) atoms. The molecule has 72 valence electrons. The van der Waals surface area contributed by atoms with E-state index in [1.165, 1.54) is 17.8 Å². The van der Waals surface area contributed by atoms with Crippen LogP contribution in [0.3, 0.4) is 0 Å². The molecule has 0 aromatic heterocycles. The summed E-state index contributed by atoms with van der Waals surface area (Å²) in [5.41, 5.74) is 0. The van der Waals surface area contributed by atoms with Crippen molar-refractivity contribution in [2.24, 2.45) is 0 Å². The zero-order valence-corrected chi connectivity index (χ0v) is 5.31. The Morgan fingerprint density at radius 1 is 1.14 bits per heavy atom. The van der Waals surface area contributed by atoms with Crippen molar-refractivity contribution in [3.63, 3.8) is 0 Å². The van der Waals surface area contributed by atoms with Crippen LogP contribution in [0.5, 0.6) is 0 Å². The van der Waals surface area contributed by atoms with Gasteiger partial charge in [0.25, 0.3) is 0 Å². The molecule has 0 saturated heterocycles. The molecule has 0 atom stereocenters. The Hall–Kier alpha value is 0.810. The van der Waals surface area contributed by atoms with Gasteiger partial charge in [-0.15, -0.1) is 0 Å². The number of hydrogen-bond acceptors (Lipinski definition) is 2. The first kappa shape index (κ1) is 2.21. The maximum absolute atomic E-state index is 5.00. The maximum Gasteiger partial charge on any atom is 0 e. The van der Waals surface area contributed by atoms with Crippen molar-refractivity contribution in [2.45, 2.75) is 14.9 Å². The second kappa shape index (κ2) is 29.1. The van der Waals surface area contributed by atoms with E-state index in [9.17, 15) is 0 Å². The summed E-state index contributed by atoms with van der Waals surface area (Å²) >= 11 is 8.66. The quantitative estimate of drug-likeness (QED) is 0.601. The molecule has 0 heterocycles. The minimum absolute atomic E-state index is 0. The second-order valence-corrected chi connectivity index (χ2v) is 3.67. The van der Waals surface area contributed by atoms with Gasteiger partial charge in [0.05, 0.1) is 0 Å². The van der Waals surface area contributed by atoms with Crippen LogP contribution < -0.4 is 0 Å². The lowest BCUT2D eigenvalue weighted by atomic mass is 12.0. The van der Waals surface area contributed by atoms with Crippen LogP contribution in [0.1, 0.15) is 45.9 Å². The minimum Gasteiger partial charge on any atom is -0.269 e. The largest absolute Gasteiger partial charge is 0.269 e. The van der Waals surface area contributed by atoms with Gasteiger partial charge in [-0.2, -0.15) is 0 Å². The van der Waals surface area contributed by atoms with Crippen LogP contribution in [0.25, 0.3) is 0 Å². The highest BCUT2D eigenvalue weighted by Gasteiger charge is 1.15. The molecule has 0 nitrogen and oxygen atoms in total. The SMILES string of the molecule is C.C.F.S=S=S=S.[2HH].[2HH].[2HH].[2H][2H].[2H][2H].[2H][2H].[2H][2H].[2H][2H].[2H][2H].[2H][2H].[2H][2H].[2H][2H]. The Labute approximate surface area is 92.0 Å². The molecule has 0 bridgehead atoms. The maximum atomic E-state index is 5.00. The van der Waals surface area contributed by atoms with E-state index >= 15 is 0 Å². The minimum atomic E-state index is 0. The monoisotopic (exact) mass is 225 g/mol. The highest BCUT2D eigenvalue weighted by atomic mass is 33.2. The summed E-state index contributed by atoms with van der Waals surface area (Å²) in [5, 5.41) is 0. The van der Waals surface area contributed by atoms with Crippen molar-refractivity contribution in [1.29, 1.82) is 0 Å². The van der Waals surface area contributed by atoms with Crippen LogP contribution in [0.4, 0.5) is 4.70 Å². The third-order valence-corrected chi connectivity index (χ3v) is 2.25. The van der Waals surface area contributed by atoms with Crippen molar-refractivity contribution in [3.8, 4) is 0 Å². The fraction of sp³-hybridized carbons (Fsp3) is 1.00. The van der Waals surface area contributed by atoms with E-state index in [0.717, 1.165) is 0 Å². The summed E-state index contributed by atoms with van der Waals surface area (Å²) < 4.78 is 90.0. The van der Waals surface area contributed by atoms with Crippen molar-refractivity contribution >= 4 is 40.1 Å². The summed E-state index contributed by atoms with van der Waals surface area (Å²) in [5.74, 6) is 0. The zero-order valence-electron chi connectivity index (χ0n) is 20.0. The smallest absolute Gasteiger partial charge is 0 e. The molecule has 0 aliphatic rings. The zero-order chi connectivity index (χ0) is 21.4. The molecule has 5 heteroatoms. The lowest BCUT2D eigenvalue weighted by molar-refractivity contribution is 1.11. The highest BCUT2D eigenvalue weighted by molar-refractivity contribution is 8.51. The average Bonchev–Trinajstić information content (AvgIpc) is 2.75. The molecular formula is C2H33FS4. The summed E-state index contributed by atoms with van der Waals surface area (Å²) in [4.78, 5) is 0. The van der Waals surface area contributed by atoms with Crippen LogP contribution in [0.15, 0.2) is 0 Å². The second-order valence-electron chi connectivity index (χ2n) is 0.136. The molecule has 0 rings (SSSR count). The van der Waals surface area contributed by atoms with E-state index in [1.54, 1.807) is 0 Å². The molecule has 0 N–H and O–H groups in total. The molecule has 0 fully saturated rings. The van der Waals surface area contributed by atoms with E-state index < -0.39 is 0 Å². The van der Waals surface area contributed by atoms with Gasteiger partial charge in [-0.05, 0) is 0 Å². The molecule has 0 spiro atoms. The van der Waals surface area contributed by atoms with E-state index in [2.05, 4.69) is 22.4 Å². The van der Waals surface area contributed by atoms with Gasteiger partial charge in [0.15, 0.2) is 0 Å². The Balaban J connectivity index is -0.00000000404. The first-order valence-electron chi connectivity index (χ1n) is 9.50. The predicted octanol–water partition coefficient (Wildman–Crippen LogP) is 4.37. The molecule has 0 aliphatic carbocycles. The normalized spacial score (nSPS) is 13.1. The molecule has 0 aromatic carbocycles. The Morgan fingerprint density at radius 3 is 1.29 bits per heavy atom. The lowest BCUT2D eigenvalue weighted by Gasteiger charge is -1.14. The van der Waals surface area contributed by atoms with Crippen molar-refractivity contribution in [1.82, 2.24) is 0 Å². The summed E-state index contributed by atoms with van der Waals surface area (Å²) in [6, 6.07) is 0. The van der Waals surface area contributed by atoms with E-state index in [4.69, 9.17) is 26.7 Å². The van der Waals surface area contributed by atoms with E-state index in [0.29, 0.717) is 0 Å². The fourth-order valence-corrected chi connectivity index (χ4v) is 0. The summed E-state index contributed by atoms with van der Waals surface area (Å²) in [6.07, 6.45) is 0. The topological polar surface area (TPSA) is 0 Å². The first-order chi connectivity index (χ1) is 10.9. The molecule has 0 aromatic rings. The van der Waals surface area contributed by atoms with Crippen molar-refractivity contribution in [3.05, 3.63) is 0 Å². The highest BCUT2D eigenvalue weighted by Crippen LogP contribution is 1.14. The Kier molecular flexibility index (Phi) is 9.18. The lowest BCUT2D eigenvalue weighted by Crippen LogP contribution is -1.15. The molecule has 0 saturated carbocycles. The van der Waals surface area contributed by atoms with Gasteiger partial charge in [-0.3, -0.25) is 4.70 Å². The molecule has 0 aliphatic heterocycles. The standard InChI is InChI=1S/2CH4.FH.S4.12H2/c;;;1-3-4-2;;;;;;;;;;;;/h2*1H4;1H;;12*1H/i;;;;9*1+1D;3*1+1. The van der Waals surface area contributed by atoms with E-state index in [-0.39, 0.29) is 23.8 Å².